The van der Waals surface area contributed by atoms with E-state index in [2.05, 4.69) is 6.58 Å². The smallest absolute Gasteiger partial charge is 0.335 e. The molecular weight excluding hydrogens is 350 g/mol. The van der Waals surface area contributed by atoms with Gasteiger partial charge in [0.2, 0.25) is 0 Å². The number of esters is 1. The Balaban J connectivity index is 1.59. The summed E-state index contributed by atoms with van der Waals surface area (Å²) in [5.41, 5.74) is 0.999. The number of hydrogen-bond acceptors (Lipinski definition) is 6. The normalized spacial score (nSPS) is 19.4. The quantitative estimate of drug-likeness (QED) is 0.538. The van der Waals surface area contributed by atoms with Gasteiger partial charge >= 0.3 is 5.97 Å². The molecule has 7 nitrogen and oxygen atoms in total. The zero-order valence-corrected chi connectivity index (χ0v) is 15.5. The summed E-state index contributed by atoms with van der Waals surface area (Å²) in [6.45, 7) is 6.78. The van der Waals surface area contributed by atoms with Crippen LogP contribution in [0.3, 0.4) is 0 Å². The molecule has 1 fully saturated rings. The van der Waals surface area contributed by atoms with Crippen molar-refractivity contribution in [1.82, 2.24) is 4.90 Å². The van der Waals surface area contributed by atoms with Gasteiger partial charge in [-0.2, -0.15) is 0 Å². The fourth-order valence-electron chi connectivity index (χ4n) is 3.29. The van der Waals surface area contributed by atoms with Gasteiger partial charge in [-0.15, -0.1) is 6.58 Å². The van der Waals surface area contributed by atoms with Crippen molar-refractivity contribution in [3.05, 3.63) is 36.4 Å². The Morgan fingerprint density at radius 3 is 2.89 bits per heavy atom. The Labute approximate surface area is 158 Å². The van der Waals surface area contributed by atoms with Crippen molar-refractivity contribution in [2.45, 2.75) is 31.9 Å². The lowest BCUT2D eigenvalue weighted by Gasteiger charge is -2.26. The van der Waals surface area contributed by atoms with Crippen LogP contribution >= 0.6 is 0 Å². The monoisotopic (exact) mass is 375 g/mol. The lowest BCUT2D eigenvalue weighted by Crippen LogP contribution is -2.35. The zero-order valence-electron chi connectivity index (χ0n) is 15.5. The highest BCUT2D eigenvalue weighted by atomic mass is 16.6. The van der Waals surface area contributed by atoms with E-state index in [1.54, 1.807) is 17.9 Å². The maximum atomic E-state index is 12.6. The minimum Gasteiger partial charge on any atom is -0.486 e. The topological polar surface area (TPSA) is 74.3 Å². The Bertz CT molecular complexity index is 704. The fourth-order valence-corrected chi connectivity index (χ4v) is 3.29. The summed E-state index contributed by atoms with van der Waals surface area (Å²) >= 11 is 0. The van der Waals surface area contributed by atoms with Crippen molar-refractivity contribution >= 4 is 11.9 Å². The Morgan fingerprint density at radius 1 is 1.33 bits per heavy atom. The van der Waals surface area contributed by atoms with Crippen LogP contribution in [-0.2, 0) is 19.1 Å². The van der Waals surface area contributed by atoms with Crippen molar-refractivity contribution in [2.75, 3.05) is 33.0 Å². The van der Waals surface area contributed by atoms with Crippen LogP contribution in [0.1, 0.15) is 31.4 Å². The molecule has 0 saturated carbocycles. The number of nitrogens with zero attached hydrogens (tertiary/aromatic N) is 1. The van der Waals surface area contributed by atoms with Gasteiger partial charge in [0, 0.05) is 6.54 Å². The SMILES string of the molecule is C=CCOC(C)C(=O)OCC(=O)N1CCCC1c1ccc2c(c1)OCCO2. The highest BCUT2D eigenvalue weighted by Gasteiger charge is 2.31. The zero-order chi connectivity index (χ0) is 19.2. The largest absolute Gasteiger partial charge is 0.486 e. The summed E-state index contributed by atoms with van der Waals surface area (Å²) in [7, 11) is 0. The van der Waals surface area contributed by atoms with Gasteiger partial charge in [-0.25, -0.2) is 4.79 Å². The van der Waals surface area contributed by atoms with Crippen LogP contribution in [-0.4, -0.2) is 55.9 Å². The third-order valence-corrected chi connectivity index (χ3v) is 4.66. The van der Waals surface area contributed by atoms with Gasteiger partial charge in [-0.3, -0.25) is 4.79 Å². The molecule has 0 N–H and O–H groups in total. The molecule has 3 rings (SSSR count). The predicted molar refractivity (Wildman–Crippen MR) is 97.7 cm³/mol. The summed E-state index contributed by atoms with van der Waals surface area (Å²) < 4.78 is 21.5. The standard InChI is InChI=1S/C20H25NO6/c1-3-9-24-14(2)20(23)27-13-19(22)21-8-4-5-16(21)15-6-7-17-18(12-15)26-11-10-25-17/h3,6-7,12,14,16H,1,4-5,8-11,13H2,2H3. The van der Waals surface area contributed by atoms with Crippen molar-refractivity contribution in [2.24, 2.45) is 0 Å². The van der Waals surface area contributed by atoms with Crippen LogP contribution in [0.15, 0.2) is 30.9 Å². The summed E-state index contributed by atoms with van der Waals surface area (Å²) in [6.07, 6.45) is 2.58. The number of benzene rings is 1. The van der Waals surface area contributed by atoms with E-state index in [-0.39, 0.29) is 25.2 Å². The molecule has 1 amide bonds. The van der Waals surface area contributed by atoms with E-state index < -0.39 is 12.1 Å². The summed E-state index contributed by atoms with van der Waals surface area (Å²) in [4.78, 5) is 26.3. The molecular formula is C20H25NO6. The number of hydrogen-bond donors (Lipinski definition) is 0. The summed E-state index contributed by atoms with van der Waals surface area (Å²) in [5, 5.41) is 0. The van der Waals surface area contributed by atoms with Gasteiger partial charge in [0.25, 0.3) is 5.91 Å². The molecule has 0 radical (unpaired) electrons. The molecule has 1 aromatic carbocycles. The molecule has 2 unspecified atom stereocenters. The Kier molecular flexibility index (Phi) is 6.34. The number of amides is 1. The van der Waals surface area contributed by atoms with Crippen molar-refractivity contribution in [3.63, 3.8) is 0 Å². The van der Waals surface area contributed by atoms with Gasteiger partial charge in [-0.1, -0.05) is 12.1 Å². The van der Waals surface area contributed by atoms with E-state index in [4.69, 9.17) is 18.9 Å². The molecule has 0 aromatic heterocycles. The van der Waals surface area contributed by atoms with E-state index in [0.717, 1.165) is 24.2 Å². The molecule has 2 heterocycles. The fraction of sp³-hybridized carbons (Fsp3) is 0.500. The number of likely N-dealkylation sites (tertiary alicyclic amines) is 1. The van der Waals surface area contributed by atoms with E-state index in [9.17, 15) is 9.59 Å². The number of carbonyl (C=O) groups excluding carboxylic acids is 2. The summed E-state index contributed by atoms with van der Waals surface area (Å²) in [5.74, 6) is 0.665. The van der Waals surface area contributed by atoms with Gasteiger partial charge < -0.3 is 23.8 Å². The van der Waals surface area contributed by atoms with E-state index in [0.29, 0.717) is 25.5 Å². The van der Waals surface area contributed by atoms with Crippen molar-refractivity contribution in [3.8, 4) is 11.5 Å². The lowest BCUT2D eigenvalue weighted by atomic mass is 10.0. The van der Waals surface area contributed by atoms with Crippen LogP contribution < -0.4 is 9.47 Å². The van der Waals surface area contributed by atoms with Gasteiger partial charge in [-0.05, 0) is 37.5 Å². The second kappa shape index (κ2) is 8.90. The van der Waals surface area contributed by atoms with E-state index in [1.807, 2.05) is 18.2 Å². The van der Waals surface area contributed by atoms with Crippen LogP contribution in [0, 0.1) is 0 Å². The highest BCUT2D eigenvalue weighted by molar-refractivity contribution is 5.82. The highest BCUT2D eigenvalue weighted by Crippen LogP contribution is 2.38. The van der Waals surface area contributed by atoms with Gasteiger partial charge in [0.15, 0.2) is 24.2 Å². The van der Waals surface area contributed by atoms with Gasteiger partial charge in [0.1, 0.15) is 13.2 Å². The first-order valence-corrected chi connectivity index (χ1v) is 9.18. The molecule has 1 saturated heterocycles. The molecule has 0 spiro atoms. The van der Waals surface area contributed by atoms with Crippen LogP contribution in [0.5, 0.6) is 11.5 Å². The molecule has 2 atom stereocenters. The molecule has 0 bridgehead atoms. The molecule has 1 aromatic rings. The third-order valence-electron chi connectivity index (χ3n) is 4.66. The molecule has 2 aliphatic heterocycles. The van der Waals surface area contributed by atoms with Crippen LogP contribution in [0.4, 0.5) is 0 Å². The molecule has 2 aliphatic rings. The number of carbonyl (C=O) groups is 2. The molecule has 146 valence electrons. The maximum absolute atomic E-state index is 12.6. The van der Waals surface area contributed by atoms with E-state index in [1.165, 1.54) is 0 Å². The predicted octanol–water partition coefficient (Wildman–Crippen LogP) is 2.26. The second-order valence-corrected chi connectivity index (χ2v) is 6.52. The lowest BCUT2D eigenvalue weighted by molar-refractivity contribution is -0.160. The average molecular weight is 375 g/mol. The molecule has 7 heteroatoms. The Morgan fingerprint density at radius 2 is 2.11 bits per heavy atom. The first kappa shape index (κ1) is 19.2. The van der Waals surface area contributed by atoms with E-state index >= 15 is 0 Å². The minimum atomic E-state index is -0.733. The molecule has 27 heavy (non-hydrogen) atoms. The summed E-state index contributed by atoms with van der Waals surface area (Å²) in [6, 6.07) is 5.72. The Hall–Kier alpha value is -2.54. The number of rotatable bonds is 7. The maximum Gasteiger partial charge on any atom is 0.335 e. The number of fused-ring (bicyclic) bond motifs is 1. The number of ether oxygens (including phenoxy) is 4. The van der Waals surface area contributed by atoms with Crippen LogP contribution in [0.2, 0.25) is 0 Å². The first-order valence-electron chi connectivity index (χ1n) is 9.18. The average Bonchev–Trinajstić information content (AvgIpc) is 3.19. The minimum absolute atomic E-state index is 0.0542. The van der Waals surface area contributed by atoms with Gasteiger partial charge in [0.05, 0.1) is 12.6 Å². The van der Waals surface area contributed by atoms with Crippen molar-refractivity contribution in [1.29, 1.82) is 0 Å². The van der Waals surface area contributed by atoms with Crippen LogP contribution in [0.25, 0.3) is 0 Å². The second-order valence-electron chi connectivity index (χ2n) is 6.52. The third kappa shape index (κ3) is 4.60. The van der Waals surface area contributed by atoms with Crippen molar-refractivity contribution < 1.29 is 28.5 Å². The molecule has 0 aliphatic carbocycles. The first-order chi connectivity index (χ1) is 13.1.